The van der Waals surface area contributed by atoms with Crippen LogP contribution in [-0.4, -0.2) is 17.7 Å². The minimum absolute atomic E-state index is 0.00190. The predicted octanol–water partition coefficient (Wildman–Crippen LogP) is 7.44. The summed E-state index contributed by atoms with van der Waals surface area (Å²) in [4.78, 5) is 0. The molecule has 0 spiro atoms. The molecule has 1 N–H and O–H groups in total. The van der Waals surface area contributed by atoms with E-state index in [2.05, 4.69) is 46.6 Å². The molecule has 0 aromatic heterocycles. The molecule has 0 amide bonds. The van der Waals surface area contributed by atoms with Gasteiger partial charge in [-0.15, -0.1) is 0 Å². The fourth-order valence-electron chi connectivity index (χ4n) is 5.32. The van der Waals surface area contributed by atoms with Crippen molar-refractivity contribution in [1.29, 1.82) is 0 Å². The van der Waals surface area contributed by atoms with Gasteiger partial charge in [0.2, 0.25) is 0 Å². The molecule has 7 atom stereocenters. The lowest BCUT2D eigenvalue weighted by molar-refractivity contribution is -0.00819. The number of hydrogen-bond acceptors (Lipinski definition) is 3. The fourth-order valence-corrected chi connectivity index (χ4v) is 7.49. The Labute approximate surface area is 180 Å². The van der Waals surface area contributed by atoms with Crippen LogP contribution >= 0.6 is 7.75 Å². The van der Waals surface area contributed by atoms with Crippen LogP contribution in [0.3, 0.4) is 0 Å². The van der Waals surface area contributed by atoms with Crippen molar-refractivity contribution < 1.29 is 13.6 Å². The van der Waals surface area contributed by atoms with Gasteiger partial charge in [0.25, 0.3) is 0 Å². The third-order valence-corrected chi connectivity index (χ3v) is 8.98. The number of hydrogen-bond donors (Lipinski definition) is 1. The van der Waals surface area contributed by atoms with Crippen LogP contribution in [0.5, 0.6) is 0 Å². The van der Waals surface area contributed by atoms with Gasteiger partial charge in [-0.1, -0.05) is 54.4 Å². The van der Waals surface area contributed by atoms with E-state index in [9.17, 15) is 4.57 Å². The smallest absolute Gasteiger partial charge is 0.293 e. The topological polar surface area (TPSA) is 47.6 Å². The summed E-state index contributed by atoms with van der Waals surface area (Å²) in [6, 6.07) is 0. The average Bonchev–Trinajstić information content (AvgIpc) is 2.51. The first kappa shape index (κ1) is 25.4. The summed E-state index contributed by atoms with van der Waals surface area (Å²) in [6.07, 6.45) is 6.69. The Kier molecular flexibility index (Phi) is 8.88. The predicted molar refractivity (Wildman–Crippen MR) is 123 cm³/mol. The summed E-state index contributed by atoms with van der Waals surface area (Å²) in [5, 5.41) is 3.29. The van der Waals surface area contributed by atoms with Gasteiger partial charge in [-0.05, 0) is 82.0 Å². The molecular formula is C24H48NO3P. The minimum Gasteiger partial charge on any atom is -0.293 e. The molecule has 2 fully saturated rings. The molecule has 0 aromatic rings. The van der Waals surface area contributed by atoms with Crippen LogP contribution in [0.1, 0.15) is 101 Å². The number of rotatable bonds is 7. The van der Waals surface area contributed by atoms with Crippen molar-refractivity contribution in [2.75, 3.05) is 0 Å². The summed E-state index contributed by atoms with van der Waals surface area (Å²) in [5.41, 5.74) is -0.337. The van der Waals surface area contributed by atoms with Crippen molar-refractivity contribution in [1.82, 2.24) is 5.09 Å². The maximum absolute atomic E-state index is 14.2. The van der Waals surface area contributed by atoms with Gasteiger partial charge in [-0.3, -0.25) is 9.05 Å². The molecule has 172 valence electrons. The van der Waals surface area contributed by atoms with E-state index in [1.807, 2.05) is 20.8 Å². The molecule has 0 saturated heterocycles. The zero-order chi connectivity index (χ0) is 22.0. The molecule has 2 aliphatic rings. The van der Waals surface area contributed by atoms with Crippen LogP contribution in [0.4, 0.5) is 0 Å². The van der Waals surface area contributed by atoms with E-state index in [-0.39, 0.29) is 17.7 Å². The first-order chi connectivity index (χ1) is 13.3. The van der Waals surface area contributed by atoms with Crippen molar-refractivity contribution in [3.8, 4) is 0 Å². The first-order valence-electron chi connectivity index (χ1n) is 12.1. The second-order valence-electron chi connectivity index (χ2n) is 11.8. The Bertz CT molecular complexity index is 519. The van der Waals surface area contributed by atoms with Gasteiger partial charge in [0.05, 0.1) is 12.2 Å². The zero-order valence-electron chi connectivity index (χ0n) is 20.5. The number of nitrogens with one attached hydrogen (secondary N) is 1. The fraction of sp³-hybridized carbons (Fsp3) is 1.00. The van der Waals surface area contributed by atoms with Gasteiger partial charge in [-0.25, -0.2) is 9.65 Å². The largest absolute Gasteiger partial charge is 0.406 e. The van der Waals surface area contributed by atoms with Gasteiger partial charge >= 0.3 is 7.75 Å². The highest BCUT2D eigenvalue weighted by molar-refractivity contribution is 7.51. The van der Waals surface area contributed by atoms with Gasteiger partial charge < -0.3 is 0 Å². The maximum atomic E-state index is 14.2. The summed E-state index contributed by atoms with van der Waals surface area (Å²) in [7, 11) is -3.43. The Morgan fingerprint density at radius 1 is 0.793 bits per heavy atom. The van der Waals surface area contributed by atoms with Crippen LogP contribution < -0.4 is 5.09 Å². The molecular weight excluding hydrogens is 381 g/mol. The van der Waals surface area contributed by atoms with E-state index >= 15 is 0 Å². The molecule has 1 unspecified atom stereocenters. The highest BCUT2D eigenvalue weighted by Crippen LogP contribution is 2.54. The lowest BCUT2D eigenvalue weighted by Gasteiger charge is -2.42. The van der Waals surface area contributed by atoms with E-state index in [1.54, 1.807) is 0 Å². The quantitative estimate of drug-likeness (QED) is 0.427. The van der Waals surface area contributed by atoms with Crippen LogP contribution in [0.25, 0.3) is 0 Å². The Morgan fingerprint density at radius 2 is 1.17 bits per heavy atom. The molecule has 0 aliphatic heterocycles. The molecule has 0 radical (unpaired) electrons. The van der Waals surface area contributed by atoms with Crippen molar-refractivity contribution in [2.45, 2.75) is 119 Å². The molecule has 2 saturated carbocycles. The molecule has 2 rings (SSSR count). The molecule has 0 aromatic carbocycles. The Morgan fingerprint density at radius 3 is 1.48 bits per heavy atom. The third-order valence-electron chi connectivity index (χ3n) is 6.94. The molecule has 0 heterocycles. The van der Waals surface area contributed by atoms with Crippen molar-refractivity contribution >= 4 is 7.75 Å². The molecule has 29 heavy (non-hydrogen) atoms. The van der Waals surface area contributed by atoms with Crippen molar-refractivity contribution in [2.24, 2.45) is 35.5 Å². The summed E-state index contributed by atoms with van der Waals surface area (Å²) < 4.78 is 27.1. The van der Waals surface area contributed by atoms with Crippen molar-refractivity contribution in [3.63, 3.8) is 0 Å². The summed E-state index contributed by atoms with van der Waals surface area (Å²) in [5.74, 6) is 3.14. The zero-order valence-corrected chi connectivity index (χ0v) is 21.4. The highest BCUT2D eigenvalue weighted by Gasteiger charge is 2.43. The minimum atomic E-state index is -3.43. The lowest BCUT2D eigenvalue weighted by atomic mass is 9.75. The molecule has 4 nitrogen and oxygen atoms in total. The van der Waals surface area contributed by atoms with E-state index in [4.69, 9.17) is 9.05 Å². The van der Waals surface area contributed by atoms with Crippen molar-refractivity contribution in [3.05, 3.63) is 0 Å². The van der Waals surface area contributed by atoms with Crippen LogP contribution in [0, 0.1) is 35.5 Å². The summed E-state index contributed by atoms with van der Waals surface area (Å²) in [6.45, 7) is 19.7. The second-order valence-corrected chi connectivity index (χ2v) is 13.4. The third kappa shape index (κ3) is 7.63. The molecule has 0 bridgehead atoms. The van der Waals surface area contributed by atoms with Crippen LogP contribution in [-0.2, 0) is 13.6 Å². The van der Waals surface area contributed by atoms with Crippen LogP contribution in [0.15, 0.2) is 0 Å². The maximum Gasteiger partial charge on any atom is 0.406 e. The Hall–Kier alpha value is 0.110. The summed E-state index contributed by atoms with van der Waals surface area (Å²) >= 11 is 0. The average molecular weight is 430 g/mol. The molecule has 2 aliphatic carbocycles. The normalized spacial score (nSPS) is 36.4. The SMILES string of the molecule is CC(C)[C@H]1CC[C@@H](C)C[C@@H]1OP(=O)(NC(C)(C)C)O[C@@H]1C[C@H](C)CC[C@H]1C(C)C. The Balaban J connectivity index is 2.25. The van der Waals surface area contributed by atoms with Gasteiger partial charge in [0.15, 0.2) is 0 Å². The highest BCUT2D eigenvalue weighted by atomic mass is 31.2. The van der Waals surface area contributed by atoms with Gasteiger partial charge in [0, 0.05) is 5.54 Å². The van der Waals surface area contributed by atoms with E-state index in [0.29, 0.717) is 35.5 Å². The van der Waals surface area contributed by atoms with E-state index in [1.165, 1.54) is 12.8 Å². The van der Waals surface area contributed by atoms with E-state index < -0.39 is 7.75 Å². The second kappa shape index (κ2) is 10.2. The standard InChI is InChI=1S/C24H48NO3P/c1-16(2)20-12-10-18(5)14-22(20)27-29(26,25-24(7,8)9)28-23-15-19(6)11-13-21(23)17(3)4/h16-23H,10-15H2,1-9H3,(H,25,26)/t18-,19-,20-,21+,22+,23-,29?/m1/s1. The van der Waals surface area contributed by atoms with E-state index in [0.717, 1.165) is 25.7 Å². The monoisotopic (exact) mass is 429 g/mol. The van der Waals surface area contributed by atoms with Crippen LogP contribution in [0.2, 0.25) is 0 Å². The molecule has 5 heteroatoms. The van der Waals surface area contributed by atoms with Gasteiger partial charge in [0.1, 0.15) is 0 Å². The lowest BCUT2D eigenvalue weighted by Crippen LogP contribution is -2.42. The first-order valence-corrected chi connectivity index (χ1v) is 13.6. The van der Waals surface area contributed by atoms with Gasteiger partial charge in [-0.2, -0.15) is 0 Å².